The Morgan fingerprint density at radius 3 is 0.901 bits per heavy atom. The van der Waals surface area contributed by atoms with Gasteiger partial charge in [0.05, 0.1) is 0 Å². The molecule has 0 radical (unpaired) electrons. The van der Waals surface area contributed by atoms with E-state index in [-0.39, 0.29) is 31.1 Å². The topological polar surface area (TPSA) is 78.9 Å². The Bertz CT molecular complexity index is 1550. The zero-order valence-electron chi connectivity index (χ0n) is 45.7. The minimum atomic E-state index is -0.817. The molecule has 0 aromatic heterocycles. The second kappa shape index (κ2) is 58.1. The highest BCUT2D eigenvalue weighted by Crippen LogP contribution is 2.14. The lowest BCUT2D eigenvalue weighted by Crippen LogP contribution is -2.30. The zero-order chi connectivity index (χ0) is 51.4. The van der Waals surface area contributed by atoms with E-state index in [4.69, 9.17) is 14.2 Å². The summed E-state index contributed by atoms with van der Waals surface area (Å²) in [5, 5.41) is 0. The third-order valence-corrected chi connectivity index (χ3v) is 11.6. The fourth-order valence-corrected chi connectivity index (χ4v) is 7.37. The Kier molecular flexibility index (Phi) is 54.5. The van der Waals surface area contributed by atoms with E-state index in [0.717, 1.165) is 122 Å². The number of unbranched alkanes of at least 4 members (excludes halogenated alkanes) is 17. The molecule has 0 fully saturated rings. The first-order chi connectivity index (χ1) is 35.0. The van der Waals surface area contributed by atoms with E-state index in [1.807, 2.05) is 0 Å². The normalized spacial score (nSPS) is 13.1. The summed E-state index contributed by atoms with van der Waals surface area (Å²) in [5.41, 5.74) is 0. The van der Waals surface area contributed by atoms with Crippen molar-refractivity contribution in [2.75, 3.05) is 13.2 Å². The molecule has 0 aromatic rings. The van der Waals surface area contributed by atoms with Gasteiger partial charge >= 0.3 is 17.9 Å². The quantitative estimate of drug-likeness (QED) is 0.0262. The molecule has 0 aliphatic carbocycles. The minimum absolute atomic E-state index is 0.115. The van der Waals surface area contributed by atoms with Crippen LogP contribution in [0.5, 0.6) is 0 Å². The lowest BCUT2D eigenvalue weighted by atomic mass is 10.1. The van der Waals surface area contributed by atoms with E-state index in [2.05, 4.69) is 154 Å². The predicted molar refractivity (Wildman–Crippen MR) is 306 cm³/mol. The van der Waals surface area contributed by atoms with Gasteiger partial charge in [0.25, 0.3) is 0 Å². The fraction of sp³-hybridized carbons (Fsp3) is 0.615. The molecule has 0 aromatic carbocycles. The van der Waals surface area contributed by atoms with Gasteiger partial charge in [0.1, 0.15) is 13.2 Å². The summed E-state index contributed by atoms with van der Waals surface area (Å²) in [6, 6.07) is 0. The summed E-state index contributed by atoms with van der Waals surface area (Å²) in [7, 11) is 0. The van der Waals surface area contributed by atoms with E-state index in [1.54, 1.807) is 0 Å². The van der Waals surface area contributed by atoms with E-state index in [9.17, 15) is 14.4 Å². The summed E-state index contributed by atoms with van der Waals surface area (Å²) in [4.78, 5) is 38.2. The van der Waals surface area contributed by atoms with Crippen LogP contribution in [0.15, 0.2) is 134 Å². The van der Waals surface area contributed by atoms with Crippen LogP contribution in [-0.2, 0) is 28.6 Å². The minimum Gasteiger partial charge on any atom is -0.462 e. The molecule has 1 atom stereocenters. The summed E-state index contributed by atoms with van der Waals surface area (Å²) < 4.78 is 16.8. The molecule has 0 rings (SSSR count). The Labute approximate surface area is 436 Å². The third-order valence-electron chi connectivity index (χ3n) is 11.6. The Morgan fingerprint density at radius 1 is 0.296 bits per heavy atom. The van der Waals surface area contributed by atoms with Crippen molar-refractivity contribution in [2.45, 2.75) is 245 Å². The lowest BCUT2D eigenvalue weighted by Gasteiger charge is -2.18. The van der Waals surface area contributed by atoms with Gasteiger partial charge in [-0.3, -0.25) is 14.4 Å². The first-order valence-corrected chi connectivity index (χ1v) is 28.7. The summed E-state index contributed by atoms with van der Waals surface area (Å²) in [6.45, 7) is 6.31. The number of hydrogen-bond donors (Lipinski definition) is 0. The largest absolute Gasteiger partial charge is 0.462 e. The number of rotatable bonds is 50. The molecule has 0 amide bonds. The van der Waals surface area contributed by atoms with Crippen molar-refractivity contribution in [2.24, 2.45) is 0 Å². The predicted octanol–water partition coefficient (Wildman–Crippen LogP) is 19.4. The maximum atomic E-state index is 12.9. The molecular formula is C65H104O6. The van der Waals surface area contributed by atoms with Crippen molar-refractivity contribution in [1.29, 1.82) is 0 Å². The molecule has 0 saturated carbocycles. The summed E-state index contributed by atoms with van der Waals surface area (Å²) in [6.07, 6.45) is 81.5. The van der Waals surface area contributed by atoms with Gasteiger partial charge in [0.2, 0.25) is 0 Å². The fourth-order valence-electron chi connectivity index (χ4n) is 7.37. The van der Waals surface area contributed by atoms with E-state index in [1.165, 1.54) is 70.6 Å². The molecule has 6 nitrogen and oxygen atoms in total. The SMILES string of the molecule is CC/C=C\C/C=C\C/C=C\C/C=C\C/C=C\CCCCCC(=O)OC[C@@H](COC(=O)CCCC/C=C\C/C=C\C/C=C\C/C=C\CC)OC(=O)CCCCCCCCCCC/C=C\C/C=C\CCCCC. The van der Waals surface area contributed by atoms with Crippen LogP contribution >= 0.6 is 0 Å². The van der Waals surface area contributed by atoms with E-state index < -0.39 is 6.10 Å². The highest BCUT2D eigenvalue weighted by Gasteiger charge is 2.19. The van der Waals surface area contributed by atoms with Crippen LogP contribution in [0.1, 0.15) is 239 Å². The maximum Gasteiger partial charge on any atom is 0.306 e. The first kappa shape index (κ1) is 66.6. The number of carbonyl (C=O) groups excluding carboxylic acids is 3. The molecule has 400 valence electrons. The molecule has 0 saturated heterocycles. The van der Waals surface area contributed by atoms with Gasteiger partial charge in [-0.1, -0.05) is 219 Å². The zero-order valence-corrected chi connectivity index (χ0v) is 45.7. The molecule has 6 heteroatoms. The molecule has 0 aliphatic rings. The number of esters is 3. The average molecular weight is 982 g/mol. The number of carbonyl (C=O) groups is 3. The van der Waals surface area contributed by atoms with Crippen molar-refractivity contribution < 1.29 is 28.6 Å². The molecule has 0 unspecified atom stereocenters. The van der Waals surface area contributed by atoms with Gasteiger partial charge in [-0.15, -0.1) is 0 Å². The second-order valence-electron chi connectivity index (χ2n) is 18.4. The molecule has 0 bridgehead atoms. The summed E-state index contributed by atoms with van der Waals surface area (Å²) >= 11 is 0. The maximum absolute atomic E-state index is 12.9. The summed E-state index contributed by atoms with van der Waals surface area (Å²) in [5.74, 6) is -0.994. The van der Waals surface area contributed by atoms with Gasteiger partial charge in [0.15, 0.2) is 6.10 Å². The van der Waals surface area contributed by atoms with Crippen LogP contribution in [-0.4, -0.2) is 37.2 Å². The molecule has 0 aliphatic heterocycles. The van der Waals surface area contributed by atoms with Gasteiger partial charge in [-0.2, -0.15) is 0 Å². The van der Waals surface area contributed by atoms with Crippen LogP contribution in [0, 0.1) is 0 Å². The second-order valence-corrected chi connectivity index (χ2v) is 18.4. The highest BCUT2D eigenvalue weighted by molar-refractivity contribution is 5.71. The van der Waals surface area contributed by atoms with Crippen LogP contribution in [0.25, 0.3) is 0 Å². The van der Waals surface area contributed by atoms with Crippen LogP contribution in [0.2, 0.25) is 0 Å². The molecule has 0 heterocycles. The lowest BCUT2D eigenvalue weighted by molar-refractivity contribution is -0.167. The van der Waals surface area contributed by atoms with Crippen molar-refractivity contribution in [3.05, 3.63) is 134 Å². The number of allylic oxidation sites excluding steroid dienone is 22. The van der Waals surface area contributed by atoms with E-state index in [0.29, 0.717) is 25.7 Å². The average Bonchev–Trinajstić information content (AvgIpc) is 3.37. The number of ether oxygens (including phenoxy) is 3. The Balaban J connectivity index is 4.53. The van der Waals surface area contributed by atoms with Gasteiger partial charge in [-0.25, -0.2) is 0 Å². The van der Waals surface area contributed by atoms with Crippen molar-refractivity contribution in [3.8, 4) is 0 Å². The first-order valence-electron chi connectivity index (χ1n) is 28.7. The highest BCUT2D eigenvalue weighted by atomic mass is 16.6. The van der Waals surface area contributed by atoms with Crippen molar-refractivity contribution in [1.82, 2.24) is 0 Å². The van der Waals surface area contributed by atoms with Gasteiger partial charge in [0, 0.05) is 19.3 Å². The monoisotopic (exact) mass is 981 g/mol. The Hall–Kier alpha value is -4.45. The third kappa shape index (κ3) is 56.3. The molecule has 71 heavy (non-hydrogen) atoms. The Morgan fingerprint density at radius 2 is 0.549 bits per heavy atom. The van der Waals surface area contributed by atoms with Gasteiger partial charge in [-0.05, 0) is 135 Å². The van der Waals surface area contributed by atoms with Gasteiger partial charge < -0.3 is 14.2 Å². The van der Waals surface area contributed by atoms with Crippen LogP contribution in [0.4, 0.5) is 0 Å². The van der Waals surface area contributed by atoms with E-state index >= 15 is 0 Å². The van der Waals surface area contributed by atoms with Crippen LogP contribution in [0.3, 0.4) is 0 Å². The van der Waals surface area contributed by atoms with Crippen molar-refractivity contribution >= 4 is 17.9 Å². The molecular weight excluding hydrogens is 877 g/mol. The smallest absolute Gasteiger partial charge is 0.306 e. The standard InChI is InChI=1S/C65H104O6/c1-4-7-10-13-16-19-22-25-28-30-32-34-37-40-43-46-49-52-55-58-64(67)70-61-62(60-69-63(66)57-54-51-48-45-42-39-36-27-24-21-18-15-12-9-6-3)71-65(68)59-56-53-50-47-44-41-38-35-33-31-29-26-23-20-17-14-11-8-5-2/h7,9-10,12,16-21,25-29,32,34,36,40,42-43,45,62H,4-6,8,11,13-15,22-24,30-31,33,35,37-39,41,44,46-61H2,1-3H3/b10-7-,12-9-,19-16-,20-17-,21-18-,28-25-,29-26-,34-32-,36-27-,43-40-,45-42-/t62-/m1/s1. The molecule has 0 N–H and O–H groups in total. The number of hydrogen-bond acceptors (Lipinski definition) is 6. The van der Waals surface area contributed by atoms with Crippen LogP contribution < -0.4 is 0 Å². The van der Waals surface area contributed by atoms with Crippen molar-refractivity contribution in [3.63, 3.8) is 0 Å². The molecule has 0 spiro atoms.